The van der Waals surface area contributed by atoms with E-state index in [9.17, 15) is 33.6 Å². The predicted molar refractivity (Wildman–Crippen MR) is 535 cm³/mol. The summed E-state index contributed by atoms with van der Waals surface area (Å²) in [6.45, 7) is 0. The lowest BCUT2D eigenvalue weighted by molar-refractivity contribution is 0.0745. The molecule has 2 saturated carbocycles. The van der Waals surface area contributed by atoms with E-state index in [1.165, 1.54) is 68.1 Å². The molecule has 0 unspecified atom stereocenters. The number of carbonyl (C=O) groups is 7. The minimum absolute atomic E-state index is 0.110. The van der Waals surface area contributed by atoms with Crippen LogP contribution in [0.15, 0.2) is 370 Å². The molecular formula is C107H87ClN16O15S2. The summed E-state index contributed by atoms with van der Waals surface area (Å²) in [4.78, 5) is 85.7. The molecule has 18 heterocycles. The molecule has 2 aliphatic carbocycles. The highest BCUT2D eigenvalue weighted by atomic mass is 35.5. The number of furan rings is 8. The Morgan fingerprint density at radius 2 is 0.652 bits per heavy atom. The minimum atomic E-state index is -0.303. The van der Waals surface area contributed by atoms with Gasteiger partial charge in [0.15, 0.2) is 5.76 Å². The monoisotopic (exact) mass is 1930 g/mol. The Labute approximate surface area is 818 Å². The third kappa shape index (κ3) is 27.6. The number of rotatable bonds is 22. The average Bonchev–Trinajstić information content (AvgIpc) is 1.78. The zero-order valence-corrected chi connectivity index (χ0v) is 77.5. The van der Waals surface area contributed by atoms with E-state index in [1.807, 2.05) is 168 Å². The molecule has 0 atom stereocenters. The van der Waals surface area contributed by atoms with Crippen LogP contribution in [0.3, 0.4) is 0 Å². The number of halogens is 1. The third-order valence-electron chi connectivity index (χ3n) is 21.1. The Balaban J connectivity index is 0.000000119. The zero-order chi connectivity index (χ0) is 97.1. The molecule has 141 heavy (non-hydrogen) atoms. The molecular weight excluding hydrogens is 1850 g/mol. The molecule has 2 aliphatic rings. The van der Waals surface area contributed by atoms with Gasteiger partial charge in [0.1, 0.15) is 40.3 Å². The molecule has 20 aromatic rings. The van der Waals surface area contributed by atoms with E-state index in [0.29, 0.717) is 55.1 Å². The van der Waals surface area contributed by atoms with Crippen molar-refractivity contribution in [1.29, 1.82) is 0 Å². The van der Waals surface area contributed by atoms with Gasteiger partial charge in [-0.1, -0.05) is 55.5 Å². The quantitative estimate of drug-likeness (QED) is 0.0608. The molecule has 2 aromatic carbocycles. The summed E-state index contributed by atoms with van der Waals surface area (Å²) in [6, 6.07) is 62.8. The molecule has 0 aliphatic heterocycles. The summed E-state index contributed by atoms with van der Waals surface area (Å²) in [5, 5.41) is 39.7. The van der Waals surface area contributed by atoms with Crippen molar-refractivity contribution >= 4 is 161 Å². The van der Waals surface area contributed by atoms with Gasteiger partial charge in [-0.2, -0.15) is 52.1 Å². The van der Waals surface area contributed by atoms with Crippen molar-refractivity contribution in [2.45, 2.75) is 51.4 Å². The Morgan fingerprint density at radius 1 is 0.298 bits per heavy atom. The molecule has 18 aromatic heterocycles. The second-order valence-electron chi connectivity index (χ2n) is 30.8. The first-order valence-electron chi connectivity index (χ1n) is 44.3. The molecule has 31 nitrogen and oxygen atoms in total. The van der Waals surface area contributed by atoms with Gasteiger partial charge in [-0.3, -0.25) is 33.6 Å². The minimum Gasteiger partial charge on any atom is -0.465 e. The molecule has 0 radical (unpaired) electrons. The molecule has 0 spiro atoms. The van der Waals surface area contributed by atoms with Crippen LogP contribution in [-0.4, -0.2) is 120 Å². The summed E-state index contributed by atoms with van der Waals surface area (Å²) in [5.74, 6) is 5.04. The first-order valence-corrected chi connectivity index (χ1v) is 46.5. The number of hydrogen-bond acceptors (Lipinski definition) is 25. The molecule has 0 saturated heterocycles. The largest absolute Gasteiger partial charge is 0.465 e. The molecule has 34 heteroatoms. The average molecular weight is 1940 g/mol. The fraction of sp³-hybridized carbons (Fsp3) is 0.0935. The van der Waals surface area contributed by atoms with E-state index in [0.717, 1.165) is 102 Å². The Hall–Kier alpha value is -18.1. The van der Waals surface area contributed by atoms with Crippen LogP contribution in [0.25, 0.3) is 90.8 Å². The van der Waals surface area contributed by atoms with E-state index in [-0.39, 0.29) is 58.9 Å². The summed E-state index contributed by atoms with van der Waals surface area (Å²) in [7, 11) is 0. The summed E-state index contributed by atoms with van der Waals surface area (Å²) in [5.41, 5.74) is 7.47. The van der Waals surface area contributed by atoms with Gasteiger partial charge >= 0.3 is 5.91 Å². The maximum atomic E-state index is 12.5. The smallest absolute Gasteiger partial charge is 0.313 e. The van der Waals surface area contributed by atoms with E-state index >= 15 is 0 Å². The van der Waals surface area contributed by atoms with Crippen molar-refractivity contribution in [1.82, 2.24) is 78.2 Å². The Kier molecular flexibility index (Phi) is 33.3. The van der Waals surface area contributed by atoms with Crippen LogP contribution in [0.5, 0.6) is 0 Å². The number of nitrogens with zero attached hydrogens (tertiary/aromatic N) is 16. The molecule has 704 valence electrons. The topological polar surface area (TPSA) is 367 Å². The Bertz CT molecular complexity index is 7210. The lowest BCUT2D eigenvalue weighted by atomic mass is 9.85. The van der Waals surface area contributed by atoms with Crippen LogP contribution in [-0.2, 0) is 0 Å². The zero-order valence-electron chi connectivity index (χ0n) is 75.1. The van der Waals surface area contributed by atoms with Crippen LogP contribution in [0.1, 0.15) is 192 Å². The van der Waals surface area contributed by atoms with Gasteiger partial charge in [0.25, 0.3) is 23.6 Å². The first kappa shape index (κ1) is 96.1. The van der Waals surface area contributed by atoms with Crippen LogP contribution in [0.4, 0.5) is 0 Å². The van der Waals surface area contributed by atoms with Crippen molar-refractivity contribution < 1.29 is 68.9 Å². The van der Waals surface area contributed by atoms with Crippen molar-refractivity contribution in [2.75, 3.05) is 0 Å². The van der Waals surface area contributed by atoms with Crippen molar-refractivity contribution in [3.63, 3.8) is 0 Å². The summed E-state index contributed by atoms with van der Waals surface area (Å²) >= 11 is 8.91. The predicted octanol–water partition coefficient (Wildman–Crippen LogP) is 24.2. The van der Waals surface area contributed by atoms with Gasteiger partial charge in [-0.15, -0.1) is 11.3 Å². The SMILES string of the molecule is O=C(C1CCC1)n1ccc(/C=C/c2ccco2)n1.O=C(C1CCCCC1)n1ccc(/C=C/c2ccco2)n1.O=C(c1ccc(-n2cccn2)cc1)n1ccc(/C=C/c2ccco2)n1.O=C(c1ccccc1Cl)n1ccc(/C=C/c2ccco2)n1.O=C(c1ccco1)n1ccc(/C=C/c2ccco2)n1.O=C(c1cccs1)n1ccc(/C=C/c2ccco2)n1.O=C(c1ccsc1)n1ccc(/C=C/c2ccco2)n1. The van der Waals surface area contributed by atoms with Gasteiger partial charge in [0, 0.05) is 78.6 Å². The number of benzene rings is 2. The molecule has 22 rings (SSSR count). The Morgan fingerprint density at radius 3 is 0.986 bits per heavy atom. The van der Waals surface area contributed by atoms with E-state index in [1.54, 1.807) is 250 Å². The fourth-order valence-corrected chi connectivity index (χ4v) is 15.2. The maximum absolute atomic E-state index is 12.5. The van der Waals surface area contributed by atoms with Crippen molar-refractivity contribution in [3.05, 3.63) is 447 Å². The highest BCUT2D eigenvalue weighted by Gasteiger charge is 2.28. The second kappa shape index (κ2) is 48.9. The highest BCUT2D eigenvalue weighted by molar-refractivity contribution is 7.12. The summed E-state index contributed by atoms with van der Waals surface area (Å²) in [6.07, 6.45) is 61.9. The van der Waals surface area contributed by atoms with Crippen LogP contribution in [0.2, 0.25) is 5.02 Å². The van der Waals surface area contributed by atoms with Gasteiger partial charge in [-0.05, 0) is 316 Å². The van der Waals surface area contributed by atoms with E-state index in [4.69, 9.17) is 46.9 Å². The standard InChI is InChI=1S/C19H14N4O2.C16H11ClN2O2.C16H18N2O2.C14H10N2O3.2C14H10N2O2S.C14H14N2O2/c24-19(15-4-7-17(8-5-15)22-12-2-11-20-22)23-13-10-16(21-23)6-9-18-3-1-14-25-18;17-15-6-2-1-5-14(15)16(20)19-10-9-12(18-19)7-8-13-4-3-11-21-13;19-16(13-5-2-1-3-6-13)18-11-10-14(17-18)8-9-15-7-4-12-20-15;2*17-14(13-4-2-10-19-13)16-8-7-11(15-16)5-6-12-3-1-9-18-12;17-14(11-6-9-19-10-11)16-7-5-12(15-16)3-4-13-2-1-8-18-13;17-14(11-3-1-4-11)16-9-8-12(15-16)6-7-13-5-2-10-18-13/h1-14H;1-11H;4,7-13H,1-3,5-6H2;3*1-10H;2,5-11H,1,3-4H2/b9-6+;8-7+;9-8+;2*6-5+;4-3+;7-6+. The van der Waals surface area contributed by atoms with Crippen molar-refractivity contribution in [3.8, 4) is 5.69 Å². The van der Waals surface area contributed by atoms with Crippen molar-refractivity contribution in [2.24, 2.45) is 11.8 Å². The molecule has 2 fully saturated rings. The lowest BCUT2D eigenvalue weighted by Gasteiger charge is -2.22. The van der Waals surface area contributed by atoms with Gasteiger partial charge in [0.05, 0.1) is 117 Å². The molecule has 0 N–H and O–H groups in total. The number of thiophene rings is 2. The van der Waals surface area contributed by atoms with Gasteiger partial charge < -0.3 is 35.3 Å². The molecule has 0 amide bonds. The lowest BCUT2D eigenvalue weighted by Crippen LogP contribution is -2.27. The highest BCUT2D eigenvalue weighted by Crippen LogP contribution is 2.29. The molecule has 0 bridgehead atoms. The van der Waals surface area contributed by atoms with E-state index < -0.39 is 0 Å². The number of hydrogen-bond donors (Lipinski definition) is 0. The van der Waals surface area contributed by atoms with Crippen LogP contribution in [0, 0.1) is 11.8 Å². The number of carbonyl (C=O) groups excluding carboxylic acids is 7. The van der Waals surface area contributed by atoms with Gasteiger partial charge in [-0.25, -0.2) is 37.5 Å². The third-order valence-corrected chi connectivity index (χ3v) is 23.0. The normalized spacial score (nSPS) is 12.6. The fourth-order valence-electron chi connectivity index (χ4n) is 13.7. The van der Waals surface area contributed by atoms with Crippen LogP contribution < -0.4 is 0 Å². The van der Waals surface area contributed by atoms with E-state index in [2.05, 4.69) is 40.8 Å². The first-order chi connectivity index (χ1) is 69.2. The summed E-state index contributed by atoms with van der Waals surface area (Å²) < 4.78 is 52.6. The van der Waals surface area contributed by atoms with Crippen LogP contribution >= 0.6 is 34.3 Å². The second-order valence-corrected chi connectivity index (χ2v) is 33.0. The maximum Gasteiger partial charge on any atom is 0.313 e. The van der Waals surface area contributed by atoms with Gasteiger partial charge in [0.2, 0.25) is 11.8 Å². The number of aromatic nitrogens is 16.